The lowest BCUT2D eigenvalue weighted by Crippen LogP contribution is -2.20. The molecule has 0 rings (SSSR count). The Morgan fingerprint density at radius 3 is 1.68 bits per heavy atom. The highest BCUT2D eigenvalue weighted by molar-refractivity contribution is 5.63. The van der Waals surface area contributed by atoms with E-state index in [1.807, 2.05) is 0 Å². The van der Waals surface area contributed by atoms with Gasteiger partial charge in [-0.05, 0) is 32.1 Å². The third-order valence-corrected chi connectivity index (χ3v) is 3.96. The van der Waals surface area contributed by atoms with Gasteiger partial charge >= 0.3 is 6.09 Å². The third kappa shape index (κ3) is 19.0. The number of hydrogen-bond donors (Lipinski definition) is 1. The van der Waals surface area contributed by atoms with Crippen LogP contribution in [0.1, 0.15) is 96.8 Å². The van der Waals surface area contributed by atoms with Gasteiger partial charge in [-0.2, -0.15) is 0 Å². The van der Waals surface area contributed by atoms with Gasteiger partial charge in [-0.3, -0.25) is 0 Å². The minimum atomic E-state index is -1.16. The van der Waals surface area contributed by atoms with E-state index in [2.05, 4.69) is 24.4 Å². The molecule has 129 valence electrons. The number of allylic oxidation sites excluding steroid dienone is 2. The summed E-state index contributed by atoms with van der Waals surface area (Å²) in [7, 11) is 0. The summed E-state index contributed by atoms with van der Waals surface area (Å²) in [5, 5.41) is 12.4. The van der Waals surface area contributed by atoms with Crippen molar-refractivity contribution in [1.29, 1.82) is 0 Å². The molecule has 0 atom stereocenters. The van der Waals surface area contributed by atoms with Crippen LogP contribution >= 0.6 is 0 Å². The van der Waals surface area contributed by atoms with Crippen LogP contribution in [0.25, 0.3) is 0 Å². The van der Waals surface area contributed by atoms with Crippen LogP contribution in [-0.4, -0.2) is 12.6 Å². The van der Waals surface area contributed by atoms with Gasteiger partial charge in [0.05, 0.1) is 0 Å². The second-order valence-corrected chi connectivity index (χ2v) is 6.15. The molecule has 0 heterocycles. The van der Waals surface area contributed by atoms with Crippen LogP contribution in [0.15, 0.2) is 12.2 Å². The van der Waals surface area contributed by atoms with E-state index in [0.29, 0.717) is 6.54 Å². The summed E-state index contributed by atoms with van der Waals surface area (Å²) in [5.74, 6) is 0. The molecule has 0 saturated carbocycles. The van der Waals surface area contributed by atoms with Crippen LogP contribution in [-0.2, 0) is 5.11 Å². The average Bonchev–Trinajstić information content (AvgIpc) is 2.50. The van der Waals surface area contributed by atoms with Crippen LogP contribution in [0.3, 0.4) is 0 Å². The van der Waals surface area contributed by atoms with Crippen molar-refractivity contribution < 1.29 is 9.90 Å². The lowest BCUT2D eigenvalue weighted by atomic mass is 10.1. The van der Waals surface area contributed by atoms with Gasteiger partial charge in [0.1, 0.15) is 0 Å². The maximum atomic E-state index is 10.1. The van der Waals surface area contributed by atoms with Gasteiger partial charge in [-0.25, -0.2) is 9.90 Å². The largest absolute Gasteiger partial charge is 0.450 e. The molecule has 0 spiro atoms. The smallest absolute Gasteiger partial charge is 0.318 e. The molecular formula is C19H36NO2. The summed E-state index contributed by atoms with van der Waals surface area (Å²) in [6.07, 6.45) is 21.3. The molecule has 0 saturated heterocycles. The Labute approximate surface area is 137 Å². The molecule has 3 heteroatoms. The first-order valence-electron chi connectivity index (χ1n) is 9.37. The molecule has 0 aliphatic rings. The van der Waals surface area contributed by atoms with Crippen molar-refractivity contribution in [2.24, 2.45) is 0 Å². The Bertz CT molecular complexity index is 264. The van der Waals surface area contributed by atoms with Crippen molar-refractivity contribution in [2.75, 3.05) is 6.54 Å². The maximum absolute atomic E-state index is 10.1. The van der Waals surface area contributed by atoms with E-state index in [1.165, 1.54) is 77.0 Å². The monoisotopic (exact) mass is 310 g/mol. The van der Waals surface area contributed by atoms with E-state index in [4.69, 9.17) is 0 Å². The van der Waals surface area contributed by atoms with Crippen molar-refractivity contribution in [2.45, 2.75) is 96.8 Å². The fourth-order valence-electron chi connectivity index (χ4n) is 2.56. The molecule has 0 bridgehead atoms. The first-order chi connectivity index (χ1) is 10.8. The summed E-state index contributed by atoms with van der Waals surface area (Å²) in [6.45, 7) is 2.79. The van der Waals surface area contributed by atoms with Crippen molar-refractivity contribution in [3.8, 4) is 0 Å². The van der Waals surface area contributed by atoms with E-state index < -0.39 is 6.09 Å². The Morgan fingerprint density at radius 1 is 0.727 bits per heavy atom. The highest BCUT2D eigenvalue weighted by Gasteiger charge is 1.95. The average molecular weight is 311 g/mol. The van der Waals surface area contributed by atoms with Crippen LogP contribution in [0.2, 0.25) is 0 Å². The van der Waals surface area contributed by atoms with Crippen LogP contribution in [0, 0.1) is 0 Å². The molecule has 1 radical (unpaired) electrons. The van der Waals surface area contributed by atoms with Crippen LogP contribution < -0.4 is 5.32 Å². The van der Waals surface area contributed by atoms with Gasteiger partial charge < -0.3 is 5.32 Å². The molecule has 22 heavy (non-hydrogen) atoms. The van der Waals surface area contributed by atoms with Crippen LogP contribution in [0.5, 0.6) is 0 Å². The maximum Gasteiger partial charge on any atom is 0.450 e. The molecule has 0 aliphatic heterocycles. The van der Waals surface area contributed by atoms with E-state index in [-0.39, 0.29) is 0 Å². The zero-order valence-electron chi connectivity index (χ0n) is 14.6. The molecule has 1 amide bonds. The number of carbonyl (C=O) groups is 1. The molecule has 0 aliphatic carbocycles. The molecule has 1 N–H and O–H groups in total. The Balaban J connectivity index is 3.06. The Hall–Kier alpha value is -0.990. The number of nitrogens with one attached hydrogen (secondary N) is 1. The molecule has 3 nitrogen and oxygen atoms in total. The number of amides is 1. The first kappa shape index (κ1) is 21.0. The van der Waals surface area contributed by atoms with Gasteiger partial charge in [0.2, 0.25) is 0 Å². The second kappa shape index (κ2) is 18.1. The summed E-state index contributed by atoms with van der Waals surface area (Å²) >= 11 is 0. The minimum absolute atomic E-state index is 0.531. The molecule has 0 aromatic rings. The highest BCUT2D eigenvalue weighted by Crippen LogP contribution is 2.09. The molecule has 0 unspecified atom stereocenters. The quantitative estimate of drug-likeness (QED) is 0.269. The normalized spacial score (nSPS) is 11.1. The van der Waals surface area contributed by atoms with E-state index in [1.54, 1.807) is 0 Å². The van der Waals surface area contributed by atoms with Crippen LogP contribution in [0.4, 0.5) is 4.79 Å². The SMILES string of the molecule is CCCCCCCC/C=C\CCCCCCCCNC([O])=O. The zero-order valence-corrected chi connectivity index (χ0v) is 14.6. The predicted molar refractivity (Wildman–Crippen MR) is 93.5 cm³/mol. The molecule has 0 aromatic heterocycles. The topological polar surface area (TPSA) is 49.0 Å². The lowest BCUT2D eigenvalue weighted by Gasteiger charge is -2.01. The van der Waals surface area contributed by atoms with E-state index >= 15 is 0 Å². The fraction of sp³-hybridized carbons (Fsp3) is 0.842. The standard InChI is InChI=1S/C19H36NO2/c1-2-3-4-5-6-7-8-9-10-11-12-13-14-15-16-17-18-20-19(21)22/h9-10,20H,2-8,11-18H2,1H3/b10-9-. The summed E-state index contributed by atoms with van der Waals surface area (Å²) < 4.78 is 0. The second-order valence-electron chi connectivity index (χ2n) is 6.15. The summed E-state index contributed by atoms with van der Waals surface area (Å²) in [6, 6.07) is 0. The summed E-state index contributed by atoms with van der Waals surface area (Å²) in [4.78, 5) is 10.1. The Kier molecular flexibility index (Phi) is 17.2. The van der Waals surface area contributed by atoms with Crippen molar-refractivity contribution in [3.05, 3.63) is 12.2 Å². The number of unbranched alkanes of at least 4 members (excludes halogenated alkanes) is 12. The van der Waals surface area contributed by atoms with Gasteiger partial charge in [-0.1, -0.05) is 76.9 Å². The third-order valence-electron chi connectivity index (χ3n) is 3.96. The number of rotatable bonds is 16. The van der Waals surface area contributed by atoms with Crippen molar-refractivity contribution in [3.63, 3.8) is 0 Å². The van der Waals surface area contributed by atoms with E-state index in [9.17, 15) is 9.90 Å². The highest BCUT2D eigenvalue weighted by atomic mass is 16.4. The van der Waals surface area contributed by atoms with Gasteiger partial charge in [0.15, 0.2) is 0 Å². The van der Waals surface area contributed by atoms with Gasteiger partial charge in [0.25, 0.3) is 0 Å². The van der Waals surface area contributed by atoms with Crippen molar-refractivity contribution >= 4 is 6.09 Å². The summed E-state index contributed by atoms with van der Waals surface area (Å²) in [5.41, 5.74) is 0. The fourth-order valence-corrected chi connectivity index (χ4v) is 2.56. The predicted octanol–water partition coefficient (Wildman–Crippen LogP) is 6.16. The lowest BCUT2D eigenvalue weighted by molar-refractivity contribution is 0.168. The molecular weight excluding hydrogens is 274 g/mol. The zero-order chi connectivity index (χ0) is 16.3. The number of hydrogen-bond acceptors (Lipinski definition) is 1. The van der Waals surface area contributed by atoms with Crippen molar-refractivity contribution in [1.82, 2.24) is 5.32 Å². The number of carbonyl (C=O) groups excluding carboxylic acids is 1. The van der Waals surface area contributed by atoms with E-state index in [0.717, 1.165) is 12.8 Å². The molecule has 0 fully saturated rings. The van der Waals surface area contributed by atoms with Gasteiger partial charge in [0, 0.05) is 6.54 Å². The first-order valence-corrected chi connectivity index (χ1v) is 9.37. The molecule has 0 aromatic carbocycles. The van der Waals surface area contributed by atoms with Gasteiger partial charge in [-0.15, -0.1) is 0 Å². The Morgan fingerprint density at radius 2 is 1.18 bits per heavy atom. The minimum Gasteiger partial charge on any atom is -0.318 e.